The number of aliphatic carboxylic acids is 1. The van der Waals surface area contributed by atoms with Crippen LogP contribution in [0.1, 0.15) is 13.3 Å². The SMILES string of the molecule is CC(CC(=O)O)CN(C)c1cc[nH]c1. The van der Waals surface area contributed by atoms with Gasteiger partial charge in [-0.3, -0.25) is 4.79 Å². The molecule has 0 radical (unpaired) electrons. The number of carboxylic acid groups (broad SMARTS) is 1. The van der Waals surface area contributed by atoms with Gasteiger partial charge in [-0.15, -0.1) is 0 Å². The van der Waals surface area contributed by atoms with Gasteiger partial charge in [0.25, 0.3) is 0 Å². The molecule has 1 heterocycles. The summed E-state index contributed by atoms with van der Waals surface area (Å²) in [6, 6.07) is 1.97. The zero-order valence-electron chi connectivity index (χ0n) is 8.53. The van der Waals surface area contributed by atoms with Gasteiger partial charge in [-0.2, -0.15) is 0 Å². The van der Waals surface area contributed by atoms with Crippen LogP contribution in [0.25, 0.3) is 0 Å². The minimum atomic E-state index is -0.736. The molecule has 2 N–H and O–H groups in total. The maximum absolute atomic E-state index is 10.5. The number of carbonyl (C=O) groups is 1. The molecule has 0 saturated carbocycles. The Morgan fingerprint density at radius 3 is 2.93 bits per heavy atom. The van der Waals surface area contributed by atoms with Crippen LogP contribution < -0.4 is 4.90 Å². The molecule has 14 heavy (non-hydrogen) atoms. The number of anilines is 1. The van der Waals surface area contributed by atoms with Crippen LogP contribution in [-0.2, 0) is 4.79 Å². The highest BCUT2D eigenvalue weighted by Crippen LogP contribution is 2.13. The lowest BCUT2D eigenvalue weighted by atomic mass is 10.1. The van der Waals surface area contributed by atoms with Crippen LogP contribution in [0.15, 0.2) is 18.5 Å². The van der Waals surface area contributed by atoms with Gasteiger partial charge in [-0.1, -0.05) is 6.92 Å². The Labute approximate surface area is 83.5 Å². The number of hydrogen-bond acceptors (Lipinski definition) is 2. The van der Waals surface area contributed by atoms with E-state index in [9.17, 15) is 4.79 Å². The van der Waals surface area contributed by atoms with Crippen molar-refractivity contribution in [2.24, 2.45) is 5.92 Å². The molecule has 0 saturated heterocycles. The third kappa shape index (κ3) is 3.12. The van der Waals surface area contributed by atoms with E-state index in [-0.39, 0.29) is 12.3 Å². The Bertz CT molecular complexity index is 282. The van der Waals surface area contributed by atoms with E-state index in [0.717, 1.165) is 12.2 Å². The molecule has 1 atom stereocenters. The lowest BCUT2D eigenvalue weighted by Crippen LogP contribution is -2.24. The van der Waals surface area contributed by atoms with E-state index in [1.807, 2.05) is 37.3 Å². The first-order chi connectivity index (χ1) is 6.59. The molecule has 0 spiro atoms. The number of H-pyrrole nitrogens is 1. The topological polar surface area (TPSA) is 56.3 Å². The summed E-state index contributed by atoms with van der Waals surface area (Å²) in [5.74, 6) is -0.577. The van der Waals surface area contributed by atoms with Gasteiger partial charge in [0, 0.05) is 32.4 Å². The van der Waals surface area contributed by atoms with E-state index in [2.05, 4.69) is 4.98 Å². The highest BCUT2D eigenvalue weighted by molar-refractivity contribution is 5.67. The zero-order chi connectivity index (χ0) is 10.6. The van der Waals surface area contributed by atoms with E-state index < -0.39 is 5.97 Å². The molecule has 1 aromatic rings. The first kappa shape index (κ1) is 10.6. The average molecular weight is 196 g/mol. The van der Waals surface area contributed by atoms with Crippen LogP contribution in [0, 0.1) is 5.92 Å². The Morgan fingerprint density at radius 2 is 2.43 bits per heavy atom. The van der Waals surface area contributed by atoms with E-state index in [1.165, 1.54) is 0 Å². The smallest absolute Gasteiger partial charge is 0.303 e. The Morgan fingerprint density at radius 1 is 1.71 bits per heavy atom. The molecule has 0 fully saturated rings. The highest BCUT2D eigenvalue weighted by atomic mass is 16.4. The van der Waals surface area contributed by atoms with Gasteiger partial charge in [0.15, 0.2) is 0 Å². The fraction of sp³-hybridized carbons (Fsp3) is 0.500. The summed E-state index contributed by atoms with van der Waals surface area (Å²) in [6.45, 7) is 2.70. The second kappa shape index (κ2) is 4.69. The fourth-order valence-electron chi connectivity index (χ4n) is 1.49. The van der Waals surface area contributed by atoms with Crippen molar-refractivity contribution < 1.29 is 9.90 Å². The molecular formula is C10H16N2O2. The van der Waals surface area contributed by atoms with Crippen LogP contribution in [-0.4, -0.2) is 29.7 Å². The van der Waals surface area contributed by atoms with Crippen molar-refractivity contribution in [1.29, 1.82) is 0 Å². The van der Waals surface area contributed by atoms with Crippen molar-refractivity contribution >= 4 is 11.7 Å². The predicted octanol–water partition coefficient (Wildman–Crippen LogP) is 1.56. The number of rotatable bonds is 5. The summed E-state index contributed by atoms with van der Waals surface area (Å²) < 4.78 is 0. The maximum atomic E-state index is 10.5. The Kier molecular flexibility index (Phi) is 3.56. The lowest BCUT2D eigenvalue weighted by Gasteiger charge is -2.20. The molecule has 4 heteroatoms. The number of hydrogen-bond donors (Lipinski definition) is 2. The van der Waals surface area contributed by atoms with Crippen LogP contribution in [0.2, 0.25) is 0 Å². The van der Waals surface area contributed by atoms with E-state index in [1.54, 1.807) is 0 Å². The fourth-order valence-corrected chi connectivity index (χ4v) is 1.49. The van der Waals surface area contributed by atoms with Crippen LogP contribution in [0.4, 0.5) is 5.69 Å². The van der Waals surface area contributed by atoms with Crippen LogP contribution in [0.3, 0.4) is 0 Å². The molecule has 4 nitrogen and oxygen atoms in total. The van der Waals surface area contributed by atoms with Crippen molar-refractivity contribution in [2.75, 3.05) is 18.5 Å². The monoisotopic (exact) mass is 196 g/mol. The highest BCUT2D eigenvalue weighted by Gasteiger charge is 2.10. The molecule has 0 bridgehead atoms. The van der Waals surface area contributed by atoms with Crippen LogP contribution in [0.5, 0.6) is 0 Å². The van der Waals surface area contributed by atoms with E-state index in [0.29, 0.717) is 0 Å². The number of nitrogens with zero attached hydrogens (tertiary/aromatic N) is 1. The summed E-state index contributed by atoms with van der Waals surface area (Å²) in [5, 5.41) is 8.60. The number of carboxylic acids is 1. The third-order valence-electron chi connectivity index (χ3n) is 2.13. The molecule has 0 aliphatic rings. The summed E-state index contributed by atoms with van der Waals surface area (Å²) in [6.07, 6.45) is 3.97. The normalized spacial score (nSPS) is 12.4. The molecular weight excluding hydrogens is 180 g/mol. The van der Waals surface area contributed by atoms with Crippen molar-refractivity contribution in [3.63, 3.8) is 0 Å². The summed E-state index contributed by atoms with van der Waals surface area (Å²) in [7, 11) is 1.96. The first-order valence-corrected chi connectivity index (χ1v) is 4.65. The number of aromatic nitrogens is 1. The lowest BCUT2D eigenvalue weighted by molar-refractivity contribution is -0.137. The van der Waals surface area contributed by atoms with Gasteiger partial charge in [-0.25, -0.2) is 0 Å². The quantitative estimate of drug-likeness (QED) is 0.751. The van der Waals surface area contributed by atoms with Crippen molar-refractivity contribution in [3.8, 4) is 0 Å². The second-order valence-corrected chi connectivity index (χ2v) is 3.65. The third-order valence-corrected chi connectivity index (χ3v) is 2.13. The molecule has 0 aliphatic heterocycles. The maximum Gasteiger partial charge on any atom is 0.303 e. The van der Waals surface area contributed by atoms with E-state index >= 15 is 0 Å². The molecule has 1 rings (SSSR count). The summed E-state index contributed by atoms with van der Waals surface area (Å²) >= 11 is 0. The molecule has 0 aliphatic carbocycles. The minimum absolute atomic E-state index is 0.160. The van der Waals surface area contributed by atoms with Crippen molar-refractivity contribution in [1.82, 2.24) is 4.98 Å². The summed E-state index contributed by atoms with van der Waals surface area (Å²) in [5.41, 5.74) is 1.09. The second-order valence-electron chi connectivity index (χ2n) is 3.65. The van der Waals surface area contributed by atoms with Gasteiger partial charge < -0.3 is 15.0 Å². The minimum Gasteiger partial charge on any atom is -0.481 e. The Hall–Kier alpha value is -1.45. The van der Waals surface area contributed by atoms with Crippen molar-refractivity contribution in [2.45, 2.75) is 13.3 Å². The Balaban J connectivity index is 2.41. The number of aromatic amines is 1. The van der Waals surface area contributed by atoms with Gasteiger partial charge in [-0.05, 0) is 12.0 Å². The molecule has 0 aromatic carbocycles. The molecule has 1 aromatic heterocycles. The van der Waals surface area contributed by atoms with Gasteiger partial charge in [0.1, 0.15) is 0 Å². The predicted molar refractivity (Wildman–Crippen MR) is 55.5 cm³/mol. The zero-order valence-corrected chi connectivity index (χ0v) is 8.53. The van der Waals surface area contributed by atoms with Crippen molar-refractivity contribution in [3.05, 3.63) is 18.5 Å². The largest absolute Gasteiger partial charge is 0.481 e. The average Bonchev–Trinajstić information content (AvgIpc) is 2.53. The van der Waals surface area contributed by atoms with Gasteiger partial charge in [0.05, 0.1) is 5.69 Å². The van der Waals surface area contributed by atoms with Gasteiger partial charge >= 0.3 is 5.97 Å². The van der Waals surface area contributed by atoms with E-state index in [4.69, 9.17) is 5.11 Å². The molecule has 0 amide bonds. The molecule has 78 valence electrons. The summed E-state index contributed by atoms with van der Waals surface area (Å²) in [4.78, 5) is 15.5. The van der Waals surface area contributed by atoms with Crippen LogP contribution >= 0.6 is 0 Å². The standard InChI is InChI=1S/C10H16N2O2/c1-8(5-10(13)14)7-12(2)9-3-4-11-6-9/h3-4,6,8,11H,5,7H2,1-2H3,(H,13,14). The number of nitrogens with one attached hydrogen (secondary N) is 1. The molecule has 1 unspecified atom stereocenters. The van der Waals surface area contributed by atoms with Gasteiger partial charge in [0.2, 0.25) is 0 Å². The first-order valence-electron chi connectivity index (χ1n) is 4.65.